The van der Waals surface area contributed by atoms with Crippen molar-refractivity contribution < 1.29 is 48.6 Å². The van der Waals surface area contributed by atoms with Crippen molar-refractivity contribution in [1.29, 1.82) is 0 Å². The number of aryl methyl sites for hydroxylation is 1. The number of fused-ring (bicyclic) bond motifs is 1. The van der Waals surface area contributed by atoms with Gasteiger partial charge in [0.2, 0.25) is 0 Å². The molecule has 10 nitrogen and oxygen atoms in total. The smallest absolute Gasteiger partial charge is 0.492 e. The van der Waals surface area contributed by atoms with Crippen molar-refractivity contribution in [3.63, 3.8) is 0 Å². The van der Waals surface area contributed by atoms with Gasteiger partial charge in [0.15, 0.2) is 5.78 Å². The van der Waals surface area contributed by atoms with E-state index in [0.29, 0.717) is 49.9 Å². The Kier molecular flexibility index (Phi) is 10.7. The van der Waals surface area contributed by atoms with Gasteiger partial charge in [-0.25, -0.2) is 8.42 Å². The van der Waals surface area contributed by atoms with Crippen molar-refractivity contribution in [2.24, 2.45) is 0 Å². The zero-order chi connectivity index (χ0) is 32.0. The van der Waals surface area contributed by atoms with Crippen molar-refractivity contribution in [3.05, 3.63) is 82.9 Å². The molecule has 0 aromatic heterocycles. The first-order valence-electron chi connectivity index (χ1n) is 13.6. The third-order valence-corrected chi connectivity index (χ3v) is 9.14. The van der Waals surface area contributed by atoms with Crippen LogP contribution in [0.4, 0.5) is 13.2 Å². The lowest BCUT2D eigenvalue weighted by molar-refractivity contribution is -0.274. The second-order valence-electron chi connectivity index (χ2n) is 10.0. The molecule has 0 saturated carbocycles. The minimum absolute atomic E-state index is 0.0248. The van der Waals surface area contributed by atoms with E-state index in [-0.39, 0.29) is 40.8 Å². The summed E-state index contributed by atoms with van der Waals surface area (Å²) in [6.07, 6.45) is -2.95. The Bertz CT molecular complexity index is 1690. The van der Waals surface area contributed by atoms with Crippen LogP contribution in [0.1, 0.15) is 46.3 Å². The summed E-state index contributed by atoms with van der Waals surface area (Å²) in [4.78, 5) is 14.0. The first kappa shape index (κ1) is 33.4. The summed E-state index contributed by atoms with van der Waals surface area (Å²) in [6.45, 7) is 2.85. The topological polar surface area (TPSA) is 137 Å². The lowest BCUT2D eigenvalue weighted by atomic mass is 10.0. The number of benzene rings is 3. The minimum atomic E-state index is -4.78. The molecule has 4 rings (SSSR count). The largest absolute Gasteiger partial charge is 0.573 e. The Labute approximate surface area is 253 Å². The molecule has 0 aliphatic carbocycles. The molecule has 44 heavy (non-hydrogen) atoms. The summed E-state index contributed by atoms with van der Waals surface area (Å²) in [5.41, 5.74) is 1.83. The molecule has 1 heterocycles. The van der Waals surface area contributed by atoms with Crippen molar-refractivity contribution in [3.8, 4) is 11.5 Å². The normalized spacial score (nSPS) is 13.4. The number of Topliss-reactive ketones (excluding diaryl/α,β-unsaturated/α-hetero) is 1. The summed E-state index contributed by atoms with van der Waals surface area (Å²) in [5, 5.41) is 3.13. The van der Waals surface area contributed by atoms with E-state index in [1.54, 1.807) is 30.0 Å². The number of alkyl halides is 3. The molecule has 0 atom stereocenters. The van der Waals surface area contributed by atoms with Gasteiger partial charge in [0.25, 0.3) is 10.0 Å². The fourth-order valence-corrected chi connectivity index (χ4v) is 6.57. The van der Waals surface area contributed by atoms with E-state index in [1.807, 2.05) is 0 Å². The van der Waals surface area contributed by atoms with Crippen LogP contribution in [0.25, 0.3) is 0 Å². The number of hydrogen-bond donors (Lipinski definition) is 2. The van der Waals surface area contributed by atoms with Crippen LogP contribution >= 0.6 is 0 Å². The Balaban J connectivity index is 1.31. The highest BCUT2D eigenvalue weighted by molar-refractivity contribution is 7.91. The van der Waals surface area contributed by atoms with Crippen LogP contribution in [0, 0.1) is 6.92 Å². The fraction of sp³-hybridized carbons (Fsp3) is 0.345. The molecule has 1 aliphatic heterocycles. The van der Waals surface area contributed by atoms with Gasteiger partial charge in [-0.2, -0.15) is 12.7 Å². The second kappa shape index (κ2) is 14.1. The van der Waals surface area contributed by atoms with Crippen molar-refractivity contribution in [2.45, 2.75) is 55.2 Å². The predicted molar refractivity (Wildman–Crippen MR) is 153 cm³/mol. The number of ether oxygens (including phenoxy) is 2. The van der Waals surface area contributed by atoms with Gasteiger partial charge in [0, 0.05) is 18.4 Å². The third kappa shape index (κ3) is 9.01. The molecule has 15 heteroatoms. The quantitative estimate of drug-likeness (QED) is 0.137. The molecule has 0 amide bonds. The van der Waals surface area contributed by atoms with Crippen LogP contribution in [0.2, 0.25) is 0 Å². The summed E-state index contributed by atoms with van der Waals surface area (Å²) in [6, 6.07) is 14.2. The Morgan fingerprint density at radius 1 is 0.977 bits per heavy atom. The van der Waals surface area contributed by atoms with Gasteiger partial charge in [0.1, 0.15) is 16.4 Å². The molecule has 3 aromatic carbocycles. The van der Waals surface area contributed by atoms with Crippen molar-refractivity contribution in [2.75, 3.05) is 19.7 Å². The molecule has 0 bridgehead atoms. The monoisotopic (exact) mass is 656 g/mol. The van der Waals surface area contributed by atoms with E-state index in [4.69, 9.17) is 4.74 Å². The molecule has 238 valence electrons. The van der Waals surface area contributed by atoms with Crippen LogP contribution in [-0.2, 0) is 37.3 Å². The first-order valence-corrected chi connectivity index (χ1v) is 16.5. The van der Waals surface area contributed by atoms with Crippen LogP contribution in [-0.4, -0.2) is 48.7 Å². The van der Waals surface area contributed by atoms with Gasteiger partial charge >= 0.3 is 16.5 Å². The van der Waals surface area contributed by atoms with Crippen molar-refractivity contribution >= 4 is 25.9 Å². The molecule has 1 aliphatic rings. The zero-order valence-electron chi connectivity index (χ0n) is 23.6. The van der Waals surface area contributed by atoms with E-state index >= 15 is 0 Å². The first-order chi connectivity index (χ1) is 20.7. The van der Waals surface area contributed by atoms with E-state index in [0.717, 1.165) is 11.6 Å². The molecule has 0 spiro atoms. The molecular formula is C29H31F3N2O8S2. The number of para-hydroxylation sites is 1. The van der Waals surface area contributed by atoms with Crippen LogP contribution in [0.15, 0.2) is 70.5 Å². The van der Waals surface area contributed by atoms with Gasteiger partial charge in [-0.1, -0.05) is 40.8 Å². The standard InChI is InChI=1S/C29H31F3N2O8S2/c1-20-9-11-24(12-10-20)44(38,39)42-34-43(36,37)27-19-23(18-22-14-17-40-28(22)27)25(35)7-4-5-15-33-16-13-21-6-2-3-8-26(21)41-29(30,31)32/h2-3,6,8-12,18-19,33-34H,4-5,7,13-17H2,1H3. The van der Waals surface area contributed by atoms with Gasteiger partial charge in [0.05, 0.1) is 11.5 Å². The van der Waals surface area contributed by atoms with Crippen LogP contribution in [0.5, 0.6) is 11.5 Å². The second-order valence-corrected chi connectivity index (χ2v) is 13.2. The lowest BCUT2D eigenvalue weighted by Crippen LogP contribution is -2.28. The number of unbranched alkanes of at least 4 members (excludes halogenated alkanes) is 1. The minimum Gasteiger partial charge on any atom is -0.492 e. The number of nitrogens with one attached hydrogen (secondary N) is 2. The summed E-state index contributed by atoms with van der Waals surface area (Å²) < 4.78 is 103. The Hall–Kier alpha value is -3.50. The number of carbonyl (C=O) groups is 1. The third-order valence-electron chi connectivity index (χ3n) is 6.70. The maximum atomic E-state index is 13.1. The van der Waals surface area contributed by atoms with E-state index in [1.165, 1.54) is 36.4 Å². The maximum absolute atomic E-state index is 13.1. The molecular weight excluding hydrogens is 625 g/mol. The number of halogens is 3. The van der Waals surface area contributed by atoms with Gasteiger partial charge in [-0.3, -0.25) is 4.79 Å². The lowest BCUT2D eigenvalue weighted by Gasteiger charge is -2.13. The highest BCUT2D eigenvalue weighted by atomic mass is 32.2. The SMILES string of the molecule is Cc1ccc(S(=O)(=O)ONS(=O)(=O)c2cc(C(=O)CCCCNCCc3ccccc3OC(F)(F)F)cc3c2OCC3)cc1. The Morgan fingerprint density at radius 2 is 1.70 bits per heavy atom. The fourth-order valence-electron chi connectivity index (χ4n) is 4.48. The molecule has 0 radical (unpaired) electrons. The van der Waals surface area contributed by atoms with E-state index in [9.17, 15) is 34.8 Å². The van der Waals surface area contributed by atoms with Gasteiger partial charge in [-0.05, 0) is 80.7 Å². The number of carbonyl (C=O) groups excluding carboxylic acids is 1. The number of ketones is 1. The maximum Gasteiger partial charge on any atom is 0.573 e. The Morgan fingerprint density at radius 3 is 2.43 bits per heavy atom. The van der Waals surface area contributed by atoms with E-state index < -0.39 is 31.4 Å². The average Bonchev–Trinajstić information content (AvgIpc) is 3.44. The molecule has 0 fully saturated rings. The van der Waals surface area contributed by atoms with Crippen LogP contribution < -0.4 is 19.7 Å². The van der Waals surface area contributed by atoms with Gasteiger partial charge < -0.3 is 14.8 Å². The highest BCUT2D eigenvalue weighted by Crippen LogP contribution is 2.35. The summed E-state index contributed by atoms with van der Waals surface area (Å²) in [5.74, 6) is -0.539. The summed E-state index contributed by atoms with van der Waals surface area (Å²) >= 11 is 0. The molecule has 3 aromatic rings. The number of rotatable bonds is 15. The predicted octanol–water partition coefficient (Wildman–Crippen LogP) is 4.61. The average molecular weight is 657 g/mol. The summed E-state index contributed by atoms with van der Waals surface area (Å²) in [7, 11) is -9.03. The molecule has 2 N–H and O–H groups in total. The highest BCUT2D eigenvalue weighted by Gasteiger charge is 2.32. The van der Waals surface area contributed by atoms with E-state index in [2.05, 4.69) is 14.3 Å². The number of sulfonamides is 1. The zero-order valence-corrected chi connectivity index (χ0v) is 25.3. The van der Waals surface area contributed by atoms with Gasteiger partial charge in [-0.15, -0.1) is 13.2 Å². The number of hydrogen-bond acceptors (Lipinski definition) is 9. The molecule has 0 unspecified atom stereocenters. The van der Waals surface area contributed by atoms with Crippen LogP contribution in [0.3, 0.4) is 0 Å². The molecule has 0 saturated heterocycles. The van der Waals surface area contributed by atoms with Crippen molar-refractivity contribution in [1.82, 2.24) is 10.2 Å².